The minimum atomic E-state index is -0.165. The molecule has 2 heterocycles. The van der Waals surface area contributed by atoms with E-state index in [-0.39, 0.29) is 5.91 Å². The van der Waals surface area contributed by atoms with Crippen LogP contribution in [0.15, 0.2) is 69.1 Å². The Morgan fingerprint density at radius 2 is 2.05 bits per heavy atom. The molecule has 1 aliphatic rings. The van der Waals surface area contributed by atoms with E-state index in [0.717, 1.165) is 11.4 Å². The minimum Gasteiger partial charge on any atom is -0.465 e. The van der Waals surface area contributed by atoms with E-state index in [9.17, 15) is 4.79 Å². The molecule has 0 unspecified atom stereocenters. The predicted octanol–water partition coefficient (Wildman–Crippen LogP) is 4.38. The number of furan rings is 1. The Balaban J connectivity index is 1.71. The lowest BCUT2D eigenvalue weighted by Gasteiger charge is -1.96. The summed E-state index contributed by atoms with van der Waals surface area (Å²) in [4.78, 5) is 16.8. The fourth-order valence-corrected chi connectivity index (χ4v) is 2.66. The second kappa shape index (κ2) is 6.68. The molecule has 0 radical (unpaired) electrons. The fourth-order valence-electron chi connectivity index (χ4n) is 1.74. The van der Waals surface area contributed by atoms with E-state index in [4.69, 9.17) is 16.0 Å². The predicted molar refractivity (Wildman–Crippen MR) is 90.1 cm³/mol. The van der Waals surface area contributed by atoms with E-state index in [1.54, 1.807) is 54.8 Å². The van der Waals surface area contributed by atoms with Gasteiger partial charge in [-0.15, -0.1) is 0 Å². The van der Waals surface area contributed by atoms with Crippen LogP contribution in [0.5, 0.6) is 0 Å². The number of amidine groups is 1. The molecule has 1 aromatic heterocycles. The summed E-state index contributed by atoms with van der Waals surface area (Å²) in [5.41, 5.74) is 0.736. The molecular weight excluding hydrogens is 320 g/mol. The van der Waals surface area contributed by atoms with Gasteiger partial charge < -0.3 is 9.73 Å². The van der Waals surface area contributed by atoms with E-state index >= 15 is 0 Å². The Kier molecular flexibility index (Phi) is 4.46. The summed E-state index contributed by atoms with van der Waals surface area (Å²) < 4.78 is 5.18. The Morgan fingerprint density at radius 3 is 2.77 bits per heavy atom. The van der Waals surface area contributed by atoms with Crippen molar-refractivity contribution in [3.05, 3.63) is 70.5 Å². The number of thioether (sulfide) groups is 1. The number of amides is 1. The van der Waals surface area contributed by atoms with Crippen molar-refractivity contribution in [3.8, 4) is 0 Å². The van der Waals surface area contributed by atoms with Crippen LogP contribution in [0.1, 0.15) is 5.76 Å². The maximum absolute atomic E-state index is 11.9. The van der Waals surface area contributed by atoms with Crippen molar-refractivity contribution in [1.82, 2.24) is 5.32 Å². The second-order valence-corrected chi connectivity index (χ2v) is 5.82. The Bertz CT molecular complexity index is 762. The Hall–Kier alpha value is -2.24. The Labute approximate surface area is 136 Å². The molecule has 0 spiro atoms. The number of rotatable bonds is 3. The highest BCUT2D eigenvalue weighted by molar-refractivity contribution is 8.18. The zero-order valence-electron chi connectivity index (χ0n) is 11.3. The molecule has 6 heteroatoms. The van der Waals surface area contributed by atoms with E-state index in [1.807, 2.05) is 6.07 Å². The SMILES string of the molecule is O=C1NC(=Nc2ccc(Cl)cc2)SC1=CC=Cc1ccco1. The van der Waals surface area contributed by atoms with Crippen LogP contribution in [0.25, 0.3) is 6.08 Å². The maximum Gasteiger partial charge on any atom is 0.264 e. The average molecular weight is 331 g/mol. The summed E-state index contributed by atoms with van der Waals surface area (Å²) in [6.45, 7) is 0. The molecule has 0 atom stereocenters. The molecule has 3 rings (SSSR count). The maximum atomic E-state index is 11.9. The number of aliphatic imine (C=N–C) groups is 1. The molecule has 22 heavy (non-hydrogen) atoms. The van der Waals surface area contributed by atoms with Crippen molar-refractivity contribution in [2.24, 2.45) is 4.99 Å². The van der Waals surface area contributed by atoms with Crippen LogP contribution in [0, 0.1) is 0 Å². The first kappa shape index (κ1) is 14.7. The van der Waals surface area contributed by atoms with Crippen LogP contribution in [-0.2, 0) is 4.79 Å². The molecular formula is C16H11ClN2O2S. The van der Waals surface area contributed by atoms with Crippen molar-refractivity contribution in [2.45, 2.75) is 0 Å². The third-order valence-corrected chi connectivity index (χ3v) is 3.94. The molecule has 1 aliphatic heterocycles. The first-order chi connectivity index (χ1) is 10.7. The molecule has 1 N–H and O–H groups in total. The van der Waals surface area contributed by atoms with Gasteiger partial charge in [-0.25, -0.2) is 4.99 Å². The summed E-state index contributed by atoms with van der Waals surface area (Å²) in [5, 5.41) is 3.92. The van der Waals surface area contributed by atoms with Gasteiger partial charge in [0.05, 0.1) is 16.9 Å². The third-order valence-electron chi connectivity index (χ3n) is 2.76. The van der Waals surface area contributed by atoms with Gasteiger partial charge in [0, 0.05) is 5.02 Å². The lowest BCUT2D eigenvalue weighted by Crippen LogP contribution is -2.19. The Morgan fingerprint density at radius 1 is 1.23 bits per heavy atom. The lowest BCUT2D eigenvalue weighted by atomic mass is 10.3. The number of carbonyl (C=O) groups is 1. The zero-order chi connectivity index (χ0) is 15.4. The largest absolute Gasteiger partial charge is 0.465 e. The van der Waals surface area contributed by atoms with E-state index < -0.39 is 0 Å². The molecule has 1 fully saturated rings. The molecule has 1 aromatic carbocycles. The monoisotopic (exact) mass is 330 g/mol. The summed E-state index contributed by atoms with van der Waals surface area (Å²) in [7, 11) is 0. The molecule has 0 saturated carbocycles. The topological polar surface area (TPSA) is 54.6 Å². The number of nitrogens with one attached hydrogen (secondary N) is 1. The number of benzene rings is 1. The van der Waals surface area contributed by atoms with Crippen LogP contribution >= 0.6 is 23.4 Å². The van der Waals surface area contributed by atoms with Gasteiger partial charge >= 0.3 is 0 Å². The van der Waals surface area contributed by atoms with Gasteiger partial charge in [0.25, 0.3) is 5.91 Å². The van der Waals surface area contributed by atoms with Crippen LogP contribution in [0.3, 0.4) is 0 Å². The lowest BCUT2D eigenvalue weighted by molar-refractivity contribution is -0.115. The average Bonchev–Trinajstić information content (AvgIpc) is 3.12. The van der Waals surface area contributed by atoms with E-state index in [0.29, 0.717) is 15.1 Å². The van der Waals surface area contributed by atoms with Crippen LogP contribution in [-0.4, -0.2) is 11.1 Å². The van der Waals surface area contributed by atoms with Gasteiger partial charge in [0.15, 0.2) is 5.17 Å². The highest BCUT2D eigenvalue weighted by Gasteiger charge is 2.22. The van der Waals surface area contributed by atoms with Crippen LogP contribution < -0.4 is 5.32 Å². The smallest absolute Gasteiger partial charge is 0.264 e. The van der Waals surface area contributed by atoms with Gasteiger partial charge in [-0.3, -0.25) is 4.79 Å². The van der Waals surface area contributed by atoms with Gasteiger partial charge in [0.1, 0.15) is 5.76 Å². The zero-order valence-corrected chi connectivity index (χ0v) is 12.9. The van der Waals surface area contributed by atoms with Gasteiger partial charge in [-0.2, -0.15) is 0 Å². The quantitative estimate of drug-likeness (QED) is 0.850. The molecule has 2 aromatic rings. The summed E-state index contributed by atoms with van der Waals surface area (Å²) in [6, 6.07) is 10.7. The highest BCUT2D eigenvalue weighted by Crippen LogP contribution is 2.26. The van der Waals surface area contributed by atoms with Crippen LogP contribution in [0.2, 0.25) is 5.02 Å². The molecule has 1 saturated heterocycles. The van der Waals surface area contributed by atoms with Crippen LogP contribution in [0.4, 0.5) is 5.69 Å². The van der Waals surface area contributed by atoms with Crippen molar-refractivity contribution in [1.29, 1.82) is 0 Å². The number of hydrogen-bond acceptors (Lipinski definition) is 4. The number of carbonyl (C=O) groups excluding carboxylic acids is 1. The molecule has 0 bridgehead atoms. The molecule has 4 nitrogen and oxygen atoms in total. The first-order valence-electron chi connectivity index (χ1n) is 6.46. The molecule has 1 amide bonds. The summed E-state index contributed by atoms with van der Waals surface area (Å²) >= 11 is 7.12. The molecule has 0 aliphatic carbocycles. The van der Waals surface area contributed by atoms with Gasteiger partial charge in [-0.05, 0) is 60.3 Å². The van der Waals surface area contributed by atoms with Gasteiger partial charge in [0.2, 0.25) is 0 Å². The highest BCUT2D eigenvalue weighted by atomic mass is 35.5. The van der Waals surface area contributed by atoms with E-state index in [2.05, 4.69) is 10.3 Å². The number of hydrogen-bond donors (Lipinski definition) is 1. The van der Waals surface area contributed by atoms with E-state index in [1.165, 1.54) is 11.8 Å². The van der Waals surface area contributed by atoms with Crippen molar-refractivity contribution in [3.63, 3.8) is 0 Å². The number of allylic oxidation sites excluding steroid dienone is 2. The minimum absolute atomic E-state index is 0.165. The van der Waals surface area contributed by atoms with Crippen molar-refractivity contribution < 1.29 is 9.21 Å². The standard InChI is InChI=1S/C16H11ClN2O2S/c17-11-6-8-12(9-7-11)18-16-19-15(20)14(22-16)5-1-3-13-4-2-10-21-13/h1-10H,(H,18,19,20). The number of halogens is 1. The molecule has 110 valence electrons. The summed E-state index contributed by atoms with van der Waals surface area (Å²) in [5.74, 6) is 0.567. The van der Waals surface area contributed by atoms with Crippen molar-refractivity contribution in [2.75, 3.05) is 0 Å². The second-order valence-electron chi connectivity index (χ2n) is 4.36. The van der Waals surface area contributed by atoms with Gasteiger partial charge in [-0.1, -0.05) is 17.7 Å². The normalized spacial score (nSPS) is 18.5. The fraction of sp³-hybridized carbons (Fsp3) is 0. The number of nitrogens with zero attached hydrogens (tertiary/aromatic N) is 1. The third kappa shape index (κ3) is 3.69. The first-order valence-corrected chi connectivity index (χ1v) is 7.65. The van der Waals surface area contributed by atoms with Crippen molar-refractivity contribution >= 4 is 46.2 Å². The summed E-state index contributed by atoms with van der Waals surface area (Å²) in [6.07, 6.45) is 6.88.